The van der Waals surface area contributed by atoms with Crippen LogP contribution in [0.4, 0.5) is 5.82 Å². The molecule has 1 aromatic heterocycles. The van der Waals surface area contributed by atoms with Crippen molar-refractivity contribution in [2.75, 3.05) is 19.4 Å². The van der Waals surface area contributed by atoms with Gasteiger partial charge in [-0.25, -0.2) is 14.8 Å². The zero-order valence-electron chi connectivity index (χ0n) is 12.0. The van der Waals surface area contributed by atoms with E-state index in [0.717, 1.165) is 0 Å². The Morgan fingerprint density at radius 3 is 2.62 bits per heavy atom. The number of amides is 1. The van der Waals surface area contributed by atoms with Gasteiger partial charge >= 0.3 is 5.97 Å². The van der Waals surface area contributed by atoms with Gasteiger partial charge in [0.05, 0.1) is 11.1 Å². The standard InChI is InChI=1S/C14H16N4O3/c1-8(13(19)18(2)3)17-12-10-5-4-9(14(20)21)6-11(10)15-7-16-12/h4-8H,1-3H3,(H,20,21)(H,15,16,17). The van der Waals surface area contributed by atoms with Crippen LogP contribution < -0.4 is 5.32 Å². The summed E-state index contributed by atoms with van der Waals surface area (Å²) >= 11 is 0. The van der Waals surface area contributed by atoms with Crippen LogP contribution in [0.25, 0.3) is 10.9 Å². The molecule has 0 aliphatic heterocycles. The number of likely N-dealkylation sites (N-methyl/N-ethyl adjacent to an activating group) is 1. The molecule has 0 saturated heterocycles. The number of carboxylic acids is 1. The van der Waals surface area contributed by atoms with Crippen LogP contribution in [0.2, 0.25) is 0 Å². The summed E-state index contributed by atoms with van der Waals surface area (Å²) in [7, 11) is 3.36. The fourth-order valence-electron chi connectivity index (χ4n) is 1.96. The van der Waals surface area contributed by atoms with Gasteiger partial charge in [-0.1, -0.05) is 0 Å². The second kappa shape index (κ2) is 5.74. The Kier molecular flexibility index (Phi) is 4.02. The number of rotatable bonds is 4. The summed E-state index contributed by atoms with van der Waals surface area (Å²) in [4.78, 5) is 32.5. The number of benzene rings is 1. The minimum absolute atomic E-state index is 0.0797. The van der Waals surface area contributed by atoms with Crippen molar-refractivity contribution in [3.8, 4) is 0 Å². The number of nitrogens with zero attached hydrogens (tertiary/aromatic N) is 3. The molecule has 1 unspecified atom stereocenters. The second-order valence-electron chi connectivity index (χ2n) is 4.86. The molecular formula is C14H16N4O3. The molecule has 1 aromatic carbocycles. The average molecular weight is 288 g/mol. The van der Waals surface area contributed by atoms with E-state index >= 15 is 0 Å². The molecule has 1 amide bonds. The smallest absolute Gasteiger partial charge is 0.335 e. The van der Waals surface area contributed by atoms with Crippen LogP contribution in [0.3, 0.4) is 0 Å². The Balaban J connectivity index is 2.37. The van der Waals surface area contributed by atoms with E-state index in [4.69, 9.17) is 5.11 Å². The minimum Gasteiger partial charge on any atom is -0.478 e. The molecular weight excluding hydrogens is 272 g/mol. The molecule has 2 rings (SSSR count). The molecule has 1 heterocycles. The topological polar surface area (TPSA) is 95.4 Å². The van der Waals surface area contributed by atoms with Gasteiger partial charge in [-0.05, 0) is 25.1 Å². The fraction of sp³-hybridized carbons (Fsp3) is 0.286. The molecule has 2 N–H and O–H groups in total. The summed E-state index contributed by atoms with van der Waals surface area (Å²) in [6, 6.07) is 4.14. The number of anilines is 1. The Morgan fingerprint density at radius 1 is 1.29 bits per heavy atom. The minimum atomic E-state index is -1.01. The normalized spacial score (nSPS) is 12.0. The SMILES string of the molecule is CC(Nc1ncnc2cc(C(=O)O)ccc12)C(=O)N(C)C. The van der Waals surface area contributed by atoms with Crippen molar-refractivity contribution in [1.29, 1.82) is 0 Å². The molecule has 1 atom stereocenters. The third kappa shape index (κ3) is 3.07. The fourth-order valence-corrected chi connectivity index (χ4v) is 1.96. The van der Waals surface area contributed by atoms with Gasteiger partial charge in [-0.2, -0.15) is 0 Å². The van der Waals surface area contributed by atoms with E-state index in [2.05, 4.69) is 15.3 Å². The van der Waals surface area contributed by atoms with E-state index in [-0.39, 0.29) is 11.5 Å². The van der Waals surface area contributed by atoms with E-state index in [0.29, 0.717) is 16.7 Å². The third-order valence-electron chi connectivity index (χ3n) is 3.05. The van der Waals surface area contributed by atoms with Crippen molar-refractivity contribution in [3.63, 3.8) is 0 Å². The Morgan fingerprint density at radius 2 is 2.00 bits per heavy atom. The van der Waals surface area contributed by atoms with Gasteiger partial charge in [0.25, 0.3) is 0 Å². The van der Waals surface area contributed by atoms with Gasteiger partial charge in [-0.15, -0.1) is 0 Å². The quantitative estimate of drug-likeness (QED) is 0.878. The number of fused-ring (bicyclic) bond motifs is 1. The zero-order valence-corrected chi connectivity index (χ0v) is 12.0. The summed E-state index contributed by atoms with van der Waals surface area (Å²) in [5.74, 6) is -0.593. The summed E-state index contributed by atoms with van der Waals surface area (Å²) in [6.45, 7) is 1.74. The molecule has 0 saturated carbocycles. The first-order valence-electron chi connectivity index (χ1n) is 6.36. The molecule has 2 aromatic rings. The first-order chi connectivity index (χ1) is 9.90. The molecule has 7 nitrogen and oxygen atoms in total. The highest BCUT2D eigenvalue weighted by Gasteiger charge is 2.16. The van der Waals surface area contributed by atoms with Crippen molar-refractivity contribution in [1.82, 2.24) is 14.9 Å². The summed E-state index contributed by atoms with van der Waals surface area (Å²) < 4.78 is 0. The van der Waals surface area contributed by atoms with Gasteiger partial charge in [0.2, 0.25) is 5.91 Å². The number of aromatic carboxylic acids is 1. The lowest BCUT2D eigenvalue weighted by molar-refractivity contribution is -0.129. The van der Waals surface area contributed by atoms with Gasteiger partial charge in [-0.3, -0.25) is 4.79 Å². The molecule has 0 radical (unpaired) electrons. The van der Waals surface area contributed by atoms with Crippen LogP contribution in [0, 0.1) is 0 Å². The van der Waals surface area contributed by atoms with E-state index in [9.17, 15) is 9.59 Å². The maximum Gasteiger partial charge on any atom is 0.335 e. The lowest BCUT2D eigenvalue weighted by atomic mass is 10.1. The average Bonchev–Trinajstić information content (AvgIpc) is 2.45. The third-order valence-corrected chi connectivity index (χ3v) is 3.05. The Labute approximate surface area is 121 Å². The molecule has 0 fully saturated rings. The highest BCUT2D eigenvalue weighted by atomic mass is 16.4. The van der Waals surface area contributed by atoms with Gasteiger partial charge in [0.15, 0.2) is 0 Å². The Hall–Kier alpha value is -2.70. The maximum atomic E-state index is 11.9. The summed E-state index contributed by atoms with van der Waals surface area (Å²) in [5, 5.41) is 12.7. The van der Waals surface area contributed by atoms with Crippen molar-refractivity contribution in [2.24, 2.45) is 0 Å². The van der Waals surface area contributed by atoms with Crippen LogP contribution >= 0.6 is 0 Å². The van der Waals surface area contributed by atoms with E-state index in [1.165, 1.54) is 23.4 Å². The van der Waals surface area contributed by atoms with Gasteiger partial charge in [0.1, 0.15) is 18.2 Å². The van der Waals surface area contributed by atoms with Gasteiger partial charge < -0.3 is 15.3 Å². The van der Waals surface area contributed by atoms with Crippen LogP contribution in [-0.2, 0) is 4.79 Å². The summed E-state index contributed by atoms with van der Waals surface area (Å²) in [5.41, 5.74) is 0.668. The van der Waals surface area contributed by atoms with Crippen LogP contribution in [0.1, 0.15) is 17.3 Å². The molecule has 0 bridgehead atoms. The van der Waals surface area contributed by atoms with Crippen molar-refractivity contribution in [2.45, 2.75) is 13.0 Å². The van der Waals surface area contributed by atoms with Crippen molar-refractivity contribution < 1.29 is 14.7 Å². The number of carbonyl (C=O) groups excluding carboxylic acids is 1. The number of carbonyl (C=O) groups is 2. The van der Waals surface area contributed by atoms with Crippen LogP contribution in [-0.4, -0.2) is 52.0 Å². The zero-order chi connectivity index (χ0) is 15.6. The number of nitrogens with one attached hydrogen (secondary N) is 1. The Bertz CT molecular complexity index is 700. The largest absolute Gasteiger partial charge is 0.478 e. The molecule has 0 aliphatic rings. The van der Waals surface area contributed by atoms with Crippen molar-refractivity contribution in [3.05, 3.63) is 30.1 Å². The summed E-state index contributed by atoms with van der Waals surface area (Å²) in [6.07, 6.45) is 1.34. The molecule has 0 aliphatic carbocycles. The lowest BCUT2D eigenvalue weighted by Gasteiger charge is -2.19. The maximum absolute atomic E-state index is 11.9. The number of aromatic nitrogens is 2. The van der Waals surface area contributed by atoms with Crippen LogP contribution in [0.5, 0.6) is 0 Å². The van der Waals surface area contributed by atoms with E-state index in [1.54, 1.807) is 27.1 Å². The first-order valence-corrected chi connectivity index (χ1v) is 6.36. The number of hydrogen-bond donors (Lipinski definition) is 2. The molecule has 110 valence electrons. The van der Waals surface area contributed by atoms with Crippen LogP contribution in [0.15, 0.2) is 24.5 Å². The number of carboxylic acid groups (broad SMARTS) is 1. The second-order valence-corrected chi connectivity index (χ2v) is 4.86. The highest BCUT2D eigenvalue weighted by Crippen LogP contribution is 2.21. The monoisotopic (exact) mass is 288 g/mol. The molecule has 0 spiro atoms. The predicted molar refractivity (Wildman–Crippen MR) is 78.3 cm³/mol. The highest BCUT2D eigenvalue weighted by molar-refractivity contribution is 5.97. The lowest BCUT2D eigenvalue weighted by Crippen LogP contribution is -2.36. The molecule has 21 heavy (non-hydrogen) atoms. The number of hydrogen-bond acceptors (Lipinski definition) is 5. The molecule has 7 heteroatoms. The first kappa shape index (κ1) is 14.7. The van der Waals surface area contributed by atoms with E-state index in [1.807, 2.05) is 0 Å². The van der Waals surface area contributed by atoms with E-state index < -0.39 is 12.0 Å². The predicted octanol–water partition coefficient (Wildman–Crippen LogP) is 1.22. The van der Waals surface area contributed by atoms with Gasteiger partial charge in [0, 0.05) is 19.5 Å². The van der Waals surface area contributed by atoms with Crippen molar-refractivity contribution >= 4 is 28.6 Å².